The highest BCUT2D eigenvalue weighted by molar-refractivity contribution is 6.30. The van der Waals surface area contributed by atoms with Crippen molar-refractivity contribution in [2.45, 2.75) is 31.3 Å². The molecular weight excluding hydrogens is 314 g/mol. The number of nitrogens with zero attached hydrogens (tertiary/aromatic N) is 1. The Balaban J connectivity index is 1.93. The Kier molecular flexibility index (Phi) is 5.89. The maximum atomic E-state index is 12.2. The Labute approximate surface area is 143 Å². The molecule has 0 aliphatic heterocycles. The molecule has 0 saturated heterocycles. The topological polar surface area (TPSA) is 64.6 Å². The summed E-state index contributed by atoms with van der Waals surface area (Å²) in [6.07, 6.45) is 2.12. The van der Waals surface area contributed by atoms with Crippen LogP contribution in [0.5, 0.6) is 0 Å². The number of amides is 2. The van der Waals surface area contributed by atoms with E-state index in [0.717, 1.165) is 18.4 Å². The zero-order chi connectivity index (χ0) is 17.0. The minimum atomic E-state index is -0.530. The van der Waals surface area contributed by atoms with Crippen LogP contribution in [0.3, 0.4) is 0 Å². The molecule has 128 valence electrons. The van der Waals surface area contributed by atoms with E-state index in [2.05, 4.69) is 15.5 Å². The van der Waals surface area contributed by atoms with Gasteiger partial charge in [0.1, 0.15) is 0 Å². The van der Waals surface area contributed by atoms with E-state index in [1.54, 1.807) is 0 Å². The summed E-state index contributed by atoms with van der Waals surface area (Å²) in [6.45, 7) is 2.33. The van der Waals surface area contributed by atoms with Crippen LogP contribution in [0.15, 0.2) is 24.3 Å². The number of carbonyl (C=O) groups is 1. The minimum Gasteiger partial charge on any atom is -0.394 e. The molecule has 0 aromatic heterocycles. The first-order valence-corrected chi connectivity index (χ1v) is 8.32. The lowest BCUT2D eigenvalue weighted by molar-refractivity contribution is 0.154. The highest BCUT2D eigenvalue weighted by atomic mass is 35.5. The van der Waals surface area contributed by atoms with Crippen molar-refractivity contribution in [3.8, 4) is 0 Å². The maximum Gasteiger partial charge on any atom is 0.315 e. The lowest BCUT2D eigenvalue weighted by Gasteiger charge is -2.30. The van der Waals surface area contributed by atoms with Gasteiger partial charge in [0.15, 0.2) is 0 Å². The average Bonchev–Trinajstić information content (AvgIpc) is 3.34. The fraction of sp³-hybridized carbons (Fsp3) is 0.588. The van der Waals surface area contributed by atoms with Crippen molar-refractivity contribution >= 4 is 17.6 Å². The van der Waals surface area contributed by atoms with Crippen molar-refractivity contribution in [1.29, 1.82) is 0 Å². The average molecular weight is 340 g/mol. The van der Waals surface area contributed by atoms with Gasteiger partial charge in [-0.15, -0.1) is 0 Å². The van der Waals surface area contributed by atoms with Gasteiger partial charge in [0.2, 0.25) is 0 Å². The monoisotopic (exact) mass is 339 g/mol. The number of halogens is 1. The number of benzene rings is 1. The predicted molar refractivity (Wildman–Crippen MR) is 92.6 cm³/mol. The van der Waals surface area contributed by atoms with Gasteiger partial charge >= 0.3 is 6.03 Å². The largest absolute Gasteiger partial charge is 0.394 e. The van der Waals surface area contributed by atoms with Gasteiger partial charge < -0.3 is 20.6 Å². The van der Waals surface area contributed by atoms with Crippen LogP contribution in [0.1, 0.15) is 31.4 Å². The summed E-state index contributed by atoms with van der Waals surface area (Å²) in [4.78, 5) is 14.2. The number of hydrogen-bond acceptors (Lipinski definition) is 3. The quantitative estimate of drug-likeness (QED) is 0.714. The fourth-order valence-corrected chi connectivity index (χ4v) is 2.89. The second kappa shape index (κ2) is 7.51. The second-order valence-electron chi connectivity index (χ2n) is 6.72. The normalized spacial score (nSPS) is 18.3. The molecule has 1 aliphatic carbocycles. The Morgan fingerprint density at radius 3 is 2.48 bits per heavy atom. The molecule has 0 bridgehead atoms. The summed E-state index contributed by atoms with van der Waals surface area (Å²) in [7, 11) is 3.95. The van der Waals surface area contributed by atoms with Gasteiger partial charge in [-0.25, -0.2) is 4.79 Å². The second-order valence-corrected chi connectivity index (χ2v) is 7.15. The number of aliphatic hydroxyl groups excluding tert-OH is 1. The molecule has 1 aromatic carbocycles. The van der Waals surface area contributed by atoms with Crippen LogP contribution in [0, 0.1) is 5.92 Å². The molecule has 2 rings (SSSR count). The zero-order valence-corrected chi connectivity index (χ0v) is 14.7. The number of hydrogen-bond donors (Lipinski definition) is 3. The summed E-state index contributed by atoms with van der Waals surface area (Å²) in [5.41, 5.74) is 0.560. The lowest BCUT2D eigenvalue weighted by atomic mass is 9.97. The van der Waals surface area contributed by atoms with Gasteiger partial charge in [0.25, 0.3) is 0 Å². The van der Waals surface area contributed by atoms with E-state index in [9.17, 15) is 9.90 Å². The summed E-state index contributed by atoms with van der Waals surface area (Å²) in [5.74, 6) is 0.374. The molecule has 1 aromatic rings. The Morgan fingerprint density at radius 1 is 1.39 bits per heavy atom. The van der Waals surface area contributed by atoms with Gasteiger partial charge in [-0.3, -0.25) is 0 Å². The van der Waals surface area contributed by atoms with Crippen LogP contribution >= 0.6 is 11.6 Å². The van der Waals surface area contributed by atoms with Crippen LogP contribution in [-0.4, -0.2) is 48.8 Å². The molecule has 1 fully saturated rings. The van der Waals surface area contributed by atoms with E-state index >= 15 is 0 Å². The maximum absolute atomic E-state index is 12.2. The minimum absolute atomic E-state index is 0.0423. The van der Waals surface area contributed by atoms with Gasteiger partial charge in [-0.05, 0) is 57.5 Å². The van der Waals surface area contributed by atoms with Crippen molar-refractivity contribution in [3.05, 3.63) is 34.9 Å². The van der Waals surface area contributed by atoms with Crippen molar-refractivity contribution in [1.82, 2.24) is 15.5 Å². The molecule has 5 nitrogen and oxygen atoms in total. The van der Waals surface area contributed by atoms with Crippen molar-refractivity contribution in [3.63, 3.8) is 0 Å². The molecule has 0 radical (unpaired) electrons. The summed E-state index contributed by atoms with van der Waals surface area (Å²) < 4.78 is 0. The fourth-order valence-electron chi connectivity index (χ4n) is 2.77. The third-order valence-corrected chi connectivity index (χ3v) is 4.79. The van der Waals surface area contributed by atoms with E-state index in [1.165, 1.54) is 0 Å². The number of urea groups is 1. The smallest absolute Gasteiger partial charge is 0.315 e. The van der Waals surface area contributed by atoms with Crippen molar-refractivity contribution in [2.24, 2.45) is 5.92 Å². The first kappa shape index (κ1) is 18.0. The molecule has 6 heteroatoms. The third-order valence-electron chi connectivity index (χ3n) is 4.54. The third kappa shape index (κ3) is 4.83. The summed E-state index contributed by atoms with van der Waals surface area (Å²) in [5, 5.41) is 16.1. The van der Waals surface area contributed by atoms with E-state index in [-0.39, 0.29) is 18.7 Å². The molecule has 2 atom stereocenters. The molecule has 0 spiro atoms. The van der Waals surface area contributed by atoms with Gasteiger partial charge in [0, 0.05) is 11.6 Å². The summed E-state index contributed by atoms with van der Waals surface area (Å²) in [6, 6.07) is 7.45. The van der Waals surface area contributed by atoms with Gasteiger partial charge in [0.05, 0.1) is 18.2 Å². The molecule has 1 saturated carbocycles. The van der Waals surface area contributed by atoms with Crippen LogP contribution in [0.25, 0.3) is 0 Å². The first-order valence-electron chi connectivity index (χ1n) is 7.94. The van der Waals surface area contributed by atoms with Crippen molar-refractivity contribution < 1.29 is 9.90 Å². The highest BCUT2D eigenvalue weighted by Gasteiger charge is 2.42. The number of carbonyl (C=O) groups excluding carboxylic acids is 1. The molecule has 23 heavy (non-hydrogen) atoms. The Hall–Kier alpha value is -1.30. The predicted octanol–water partition coefficient (Wildman–Crippen LogP) is 2.40. The first-order chi connectivity index (χ1) is 10.9. The van der Waals surface area contributed by atoms with Gasteiger partial charge in [-0.1, -0.05) is 23.7 Å². The number of likely N-dealkylation sites (N-methyl/N-ethyl adjacent to an activating group) is 1. The standard InChI is InChI=1S/C17H26ClN3O2/c1-17(11-22,13-6-7-13)20-16(23)19-10-15(21(2)3)12-4-8-14(18)9-5-12/h4-5,8-9,13,15,22H,6-7,10-11H2,1-3H3,(H2,19,20,23)/t15-,17-/m0/s1. The number of rotatable bonds is 7. The number of nitrogens with one attached hydrogen (secondary N) is 2. The molecule has 3 N–H and O–H groups in total. The Morgan fingerprint density at radius 2 is 2.00 bits per heavy atom. The van der Waals surface area contributed by atoms with E-state index in [1.807, 2.05) is 45.3 Å². The van der Waals surface area contributed by atoms with Crippen molar-refractivity contribution in [2.75, 3.05) is 27.2 Å². The highest BCUT2D eigenvalue weighted by Crippen LogP contribution is 2.39. The lowest BCUT2D eigenvalue weighted by Crippen LogP contribution is -2.54. The molecule has 1 aliphatic rings. The van der Waals surface area contributed by atoms with E-state index in [0.29, 0.717) is 17.5 Å². The number of aliphatic hydroxyl groups is 1. The van der Waals surface area contributed by atoms with E-state index in [4.69, 9.17) is 11.6 Å². The SMILES string of the molecule is CN(C)[C@@H](CNC(=O)N[C@@](C)(CO)C1CC1)c1ccc(Cl)cc1. The van der Waals surface area contributed by atoms with Crippen LogP contribution < -0.4 is 10.6 Å². The van der Waals surface area contributed by atoms with Gasteiger partial charge in [-0.2, -0.15) is 0 Å². The Bertz CT molecular complexity index is 531. The molecular formula is C17H26ClN3O2. The van der Waals surface area contributed by atoms with Crippen LogP contribution in [0.4, 0.5) is 4.79 Å². The molecule has 2 amide bonds. The summed E-state index contributed by atoms with van der Waals surface area (Å²) >= 11 is 5.93. The van der Waals surface area contributed by atoms with Crippen LogP contribution in [-0.2, 0) is 0 Å². The zero-order valence-electron chi connectivity index (χ0n) is 14.0. The van der Waals surface area contributed by atoms with Crippen LogP contribution in [0.2, 0.25) is 5.02 Å². The molecule has 0 unspecified atom stereocenters. The molecule has 0 heterocycles. The van der Waals surface area contributed by atoms with E-state index < -0.39 is 5.54 Å².